The predicted molar refractivity (Wildman–Crippen MR) is 76.3 cm³/mol. The number of hydrogen-bond donors (Lipinski definition) is 1. The molecule has 1 atom stereocenters. The summed E-state index contributed by atoms with van der Waals surface area (Å²) in [5, 5.41) is 0. The third-order valence-electron chi connectivity index (χ3n) is 3.17. The molecule has 0 spiro atoms. The molecular weight excluding hydrogens is 323 g/mol. The van der Waals surface area contributed by atoms with Gasteiger partial charge in [-0.2, -0.15) is 4.31 Å². The lowest BCUT2D eigenvalue weighted by molar-refractivity contribution is 0.0590. The fourth-order valence-corrected chi connectivity index (χ4v) is 3.83. The number of nitrogens with two attached hydrogens (primary N) is 1. The van der Waals surface area contributed by atoms with Crippen molar-refractivity contribution >= 4 is 28.4 Å². The molecule has 0 radical (unpaired) electrons. The molecule has 9 heteroatoms. The lowest BCUT2D eigenvalue weighted by atomic mass is 10.2. The molecule has 0 saturated carbocycles. The summed E-state index contributed by atoms with van der Waals surface area (Å²) in [6.45, 7) is 0.403. The van der Waals surface area contributed by atoms with Gasteiger partial charge in [0.2, 0.25) is 10.0 Å². The molecule has 6 nitrogen and oxygen atoms in total. The van der Waals surface area contributed by atoms with Crippen LogP contribution in [0.2, 0.25) is 0 Å². The number of halogens is 2. The number of rotatable bonds is 3. The van der Waals surface area contributed by atoms with E-state index >= 15 is 0 Å². The Morgan fingerprint density at radius 1 is 1.48 bits per heavy atom. The van der Waals surface area contributed by atoms with E-state index in [-0.39, 0.29) is 31.5 Å². The van der Waals surface area contributed by atoms with Crippen LogP contribution in [-0.4, -0.2) is 44.9 Å². The lowest BCUT2D eigenvalue weighted by Gasteiger charge is -2.18. The van der Waals surface area contributed by atoms with Crippen molar-refractivity contribution in [3.8, 4) is 0 Å². The van der Waals surface area contributed by atoms with Crippen LogP contribution in [0, 0.1) is 5.82 Å². The van der Waals surface area contributed by atoms with E-state index in [0.717, 1.165) is 17.5 Å². The minimum atomic E-state index is -3.97. The number of benzene rings is 1. The SMILES string of the molecule is COC(=O)c1c(F)cccc1S(=O)(=O)N1CC[C@@H](N)C1.Cl. The third-order valence-corrected chi connectivity index (χ3v) is 5.08. The molecule has 1 saturated heterocycles. The van der Waals surface area contributed by atoms with Crippen molar-refractivity contribution in [1.29, 1.82) is 0 Å². The Morgan fingerprint density at radius 3 is 2.67 bits per heavy atom. The summed E-state index contributed by atoms with van der Waals surface area (Å²) in [5.74, 6) is -1.95. The van der Waals surface area contributed by atoms with E-state index in [1.54, 1.807) is 0 Å². The minimum Gasteiger partial charge on any atom is -0.465 e. The Labute approximate surface area is 128 Å². The lowest BCUT2D eigenvalue weighted by Crippen LogP contribution is -2.33. The molecule has 1 aliphatic rings. The van der Waals surface area contributed by atoms with Crippen molar-refractivity contribution in [3.05, 3.63) is 29.6 Å². The molecule has 1 fully saturated rings. The second-order valence-electron chi connectivity index (χ2n) is 4.52. The zero-order valence-electron chi connectivity index (χ0n) is 11.3. The minimum absolute atomic E-state index is 0. The Balaban J connectivity index is 0.00000220. The van der Waals surface area contributed by atoms with Crippen molar-refractivity contribution in [3.63, 3.8) is 0 Å². The molecule has 0 bridgehead atoms. The van der Waals surface area contributed by atoms with E-state index in [1.807, 2.05) is 0 Å². The van der Waals surface area contributed by atoms with Gasteiger partial charge in [-0.15, -0.1) is 12.4 Å². The van der Waals surface area contributed by atoms with Gasteiger partial charge in [0.05, 0.1) is 12.0 Å². The monoisotopic (exact) mass is 338 g/mol. The zero-order valence-corrected chi connectivity index (χ0v) is 12.9. The topological polar surface area (TPSA) is 89.7 Å². The van der Waals surface area contributed by atoms with Gasteiger partial charge in [-0.05, 0) is 18.6 Å². The Hall–Kier alpha value is -1.22. The van der Waals surface area contributed by atoms with E-state index in [2.05, 4.69) is 4.74 Å². The second-order valence-corrected chi connectivity index (χ2v) is 6.42. The Kier molecular flexibility index (Phi) is 5.68. The first-order valence-corrected chi connectivity index (χ1v) is 7.44. The predicted octanol–water partition coefficient (Wildman–Crippen LogP) is 0.756. The first-order chi connectivity index (χ1) is 9.37. The quantitative estimate of drug-likeness (QED) is 0.822. The Morgan fingerprint density at radius 2 is 2.14 bits per heavy atom. The molecule has 0 amide bonds. The number of hydrogen-bond acceptors (Lipinski definition) is 5. The van der Waals surface area contributed by atoms with Crippen LogP contribution < -0.4 is 5.73 Å². The molecule has 118 valence electrons. The largest absolute Gasteiger partial charge is 0.465 e. The average molecular weight is 339 g/mol. The van der Waals surface area contributed by atoms with Crippen LogP contribution in [0.15, 0.2) is 23.1 Å². The molecule has 1 aromatic carbocycles. The van der Waals surface area contributed by atoms with E-state index in [0.29, 0.717) is 6.42 Å². The number of carbonyl (C=O) groups is 1. The number of esters is 1. The van der Waals surface area contributed by atoms with Gasteiger partial charge in [0.15, 0.2) is 0 Å². The van der Waals surface area contributed by atoms with E-state index in [1.165, 1.54) is 12.1 Å². The van der Waals surface area contributed by atoms with Crippen LogP contribution in [0.1, 0.15) is 16.8 Å². The van der Waals surface area contributed by atoms with Crippen molar-refractivity contribution in [1.82, 2.24) is 4.31 Å². The van der Waals surface area contributed by atoms with Gasteiger partial charge >= 0.3 is 5.97 Å². The van der Waals surface area contributed by atoms with Crippen LogP contribution in [0.3, 0.4) is 0 Å². The highest BCUT2D eigenvalue weighted by Gasteiger charge is 2.35. The standard InChI is InChI=1S/C12H15FN2O4S.ClH/c1-19-12(16)11-9(13)3-2-4-10(11)20(17,18)15-6-5-8(14)7-15;/h2-4,8H,5-7,14H2,1H3;1H/t8-;/m1./s1. The number of ether oxygens (including phenoxy) is 1. The summed E-state index contributed by atoms with van der Waals surface area (Å²) in [6, 6.07) is 3.19. The van der Waals surface area contributed by atoms with Gasteiger partial charge in [0, 0.05) is 19.1 Å². The van der Waals surface area contributed by atoms with Crippen molar-refractivity contribution in [2.24, 2.45) is 5.73 Å². The van der Waals surface area contributed by atoms with E-state index in [9.17, 15) is 17.6 Å². The highest BCUT2D eigenvalue weighted by molar-refractivity contribution is 7.89. The van der Waals surface area contributed by atoms with Crippen molar-refractivity contribution in [2.75, 3.05) is 20.2 Å². The summed E-state index contributed by atoms with van der Waals surface area (Å²) in [7, 11) is -2.90. The van der Waals surface area contributed by atoms with Crippen LogP contribution in [-0.2, 0) is 14.8 Å². The van der Waals surface area contributed by atoms with Crippen LogP contribution in [0.25, 0.3) is 0 Å². The molecule has 21 heavy (non-hydrogen) atoms. The van der Waals surface area contributed by atoms with Gasteiger partial charge in [0.1, 0.15) is 11.4 Å². The number of carbonyl (C=O) groups excluding carboxylic acids is 1. The summed E-state index contributed by atoms with van der Waals surface area (Å²) in [5.41, 5.74) is 5.11. The maximum Gasteiger partial charge on any atom is 0.342 e. The molecule has 2 rings (SSSR count). The van der Waals surface area contributed by atoms with Crippen molar-refractivity contribution < 1.29 is 22.3 Å². The fourth-order valence-electron chi connectivity index (χ4n) is 2.13. The summed E-state index contributed by atoms with van der Waals surface area (Å²) in [6.07, 6.45) is 0.530. The summed E-state index contributed by atoms with van der Waals surface area (Å²) >= 11 is 0. The molecule has 1 aromatic rings. The average Bonchev–Trinajstić information content (AvgIpc) is 2.85. The molecule has 0 aliphatic carbocycles. The van der Waals surface area contributed by atoms with Crippen molar-refractivity contribution in [2.45, 2.75) is 17.4 Å². The van der Waals surface area contributed by atoms with E-state index in [4.69, 9.17) is 5.73 Å². The first kappa shape index (κ1) is 17.8. The fraction of sp³-hybridized carbons (Fsp3) is 0.417. The smallest absolute Gasteiger partial charge is 0.342 e. The van der Waals surface area contributed by atoms with E-state index < -0.39 is 32.3 Å². The molecule has 0 unspecified atom stereocenters. The maximum atomic E-state index is 13.8. The van der Waals surface area contributed by atoms with Gasteiger partial charge < -0.3 is 10.5 Å². The number of sulfonamides is 1. The molecule has 1 aliphatic heterocycles. The summed E-state index contributed by atoms with van der Waals surface area (Å²) < 4.78 is 44.3. The number of nitrogens with zero attached hydrogens (tertiary/aromatic N) is 1. The normalized spacial score (nSPS) is 19.1. The highest BCUT2D eigenvalue weighted by atomic mass is 35.5. The van der Waals surface area contributed by atoms with Gasteiger partial charge in [-0.3, -0.25) is 0 Å². The first-order valence-electron chi connectivity index (χ1n) is 6.00. The van der Waals surface area contributed by atoms with Crippen LogP contribution >= 0.6 is 12.4 Å². The van der Waals surface area contributed by atoms with Gasteiger partial charge in [0.25, 0.3) is 0 Å². The molecule has 2 N–H and O–H groups in total. The van der Waals surface area contributed by atoms with Crippen LogP contribution in [0.4, 0.5) is 4.39 Å². The molecule has 1 heterocycles. The second kappa shape index (κ2) is 6.69. The summed E-state index contributed by atoms with van der Waals surface area (Å²) in [4.78, 5) is 11.2. The third kappa shape index (κ3) is 3.34. The highest BCUT2D eigenvalue weighted by Crippen LogP contribution is 2.25. The zero-order chi connectivity index (χ0) is 14.9. The molecule has 0 aromatic heterocycles. The number of methoxy groups -OCH3 is 1. The maximum absolute atomic E-state index is 13.8. The molecular formula is C12H16ClFN2O4S. The van der Waals surface area contributed by atoms with Gasteiger partial charge in [-0.25, -0.2) is 17.6 Å². The Bertz CT molecular complexity index is 638. The van der Waals surface area contributed by atoms with Crippen LogP contribution in [0.5, 0.6) is 0 Å². The van der Waals surface area contributed by atoms with Gasteiger partial charge in [-0.1, -0.05) is 6.07 Å².